The van der Waals surface area contributed by atoms with Gasteiger partial charge in [-0.25, -0.2) is 8.42 Å². The second-order valence-corrected chi connectivity index (χ2v) is 9.77. The molecule has 0 aliphatic heterocycles. The van der Waals surface area contributed by atoms with Crippen molar-refractivity contribution in [3.63, 3.8) is 0 Å². The zero-order valence-electron chi connectivity index (χ0n) is 14.6. The zero-order chi connectivity index (χ0) is 19.9. The Morgan fingerprint density at radius 3 is 2.32 bits per heavy atom. The predicted octanol–water partition coefficient (Wildman–Crippen LogP) is 3.01. The maximum Gasteiger partial charge on any atom is 0.307 e. The largest absolute Gasteiger partial charge is 0.481 e. The molecule has 0 saturated heterocycles. The highest BCUT2D eigenvalue weighted by molar-refractivity contribution is 7.94. The Bertz CT molecular complexity index is 1050. The Kier molecular flexibility index (Phi) is 4.72. The van der Waals surface area contributed by atoms with E-state index in [1.165, 1.54) is 6.07 Å². The number of hydrogen-bond acceptors (Lipinski definition) is 5. The molecular weight excluding hydrogens is 400 g/mol. The van der Waals surface area contributed by atoms with E-state index in [1.807, 2.05) is 12.2 Å². The van der Waals surface area contributed by atoms with Crippen molar-refractivity contribution in [2.24, 2.45) is 23.7 Å². The summed E-state index contributed by atoms with van der Waals surface area (Å²) < 4.78 is 27.7. The Balaban J connectivity index is 1.57. The van der Waals surface area contributed by atoms with Crippen LogP contribution in [0.2, 0.25) is 0 Å². The van der Waals surface area contributed by atoms with E-state index in [2.05, 4.69) is 10.0 Å². The fourth-order valence-corrected chi connectivity index (χ4v) is 6.10. The number of sulfonamides is 1. The third-order valence-corrected chi connectivity index (χ3v) is 8.00. The van der Waals surface area contributed by atoms with E-state index in [-0.39, 0.29) is 21.7 Å². The molecular formula is C19H18N2O5S2. The molecule has 146 valence electrons. The minimum absolute atomic E-state index is 0.110. The molecule has 1 aromatic heterocycles. The van der Waals surface area contributed by atoms with Gasteiger partial charge in [-0.3, -0.25) is 14.3 Å². The van der Waals surface area contributed by atoms with Crippen LogP contribution in [0.5, 0.6) is 0 Å². The van der Waals surface area contributed by atoms with Crippen LogP contribution in [0.4, 0.5) is 11.4 Å². The van der Waals surface area contributed by atoms with Crippen molar-refractivity contribution < 1.29 is 23.1 Å². The van der Waals surface area contributed by atoms with Gasteiger partial charge in [-0.1, -0.05) is 30.4 Å². The molecule has 0 spiro atoms. The number of carbonyl (C=O) groups is 2. The molecule has 4 rings (SSSR count). The number of rotatable bonds is 6. The van der Waals surface area contributed by atoms with Crippen LogP contribution < -0.4 is 10.0 Å². The van der Waals surface area contributed by atoms with E-state index in [1.54, 1.807) is 35.7 Å². The van der Waals surface area contributed by atoms with Gasteiger partial charge < -0.3 is 10.4 Å². The summed E-state index contributed by atoms with van der Waals surface area (Å²) in [6, 6.07) is 9.60. The normalized spacial score (nSPS) is 25.6. The Labute approximate surface area is 166 Å². The summed E-state index contributed by atoms with van der Waals surface area (Å²) in [6.07, 6.45) is 4.43. The molecule has 3 N–H and O–H groups in total. The number of carboxylic acids is 1. The first-order valence-corrected chi connectivity index (χ1v) is 11.1. The minimum Gasteiger partial charge on any atom is -0.481 e. The average Bonchev–Trinajstić information content (AvgIpc) is 3.39. The van der Waals surface area contributed by atoms with E-state index in [9.17, 15) is 23.1 Å². The van der Waals surface area contributed by atoms with Crippen LogP contribution in [0.15, 0.2) is 58.1 Å². The predicted molar refractivity (Wildman–Crippen MR) is 106 cm³/mol. The number of allylic oxidation sites excluding steroid dienone is 2. The molecule has 28 heavy (non-hydrogen) atoms. The van der Waals surface area contributed by atoms with Gasteiger partial charge >= 0.3 is 5.97 Å². The number of para-hydroxylation sites is 2. The van der Waals surface area contributed by atoms with E-state index < -0.39 is 33.7 Å². The van der Waals surface area contributed by atoms with Gasteiger partial charge in [-0.2, -0.15) is 0 Å². The SMILES string of the molecule is O=C(Nc1ccccc1NS(=O)(=O)c1cccs1)[C@@H]1[C@H](C(=O)O)[C@H]2C=C[C@H]1C2. The number of hydrogen-bond donors (Lipinski definition) is 3. The summed E-state index contributed by atoms with van der Waals surface area (Å²) in [5.41, 5.74) is 0.526. The standard InChI is InChI=1S/C19H18N2O5S2/c22-18(16-11-7-8-12(10-11)17(16)19(23)24)20-13-4-1-2-5-14(13)21-28(25,26)15-6-3-9-27-15/h1-9,11-12,16-17,21H,10H2,(H,20,22)(H,23,24)/t11-,12-,16-,17+/m0/s1. The van der Waals surface area contributed by atoms with Crippen LogP contribution >= 0.6 is 11.3 Å². The smallest absolute Gasteiger partial charge is 0.307 e. The minimum atomic E-state index is -3.77. The van der Waals surface area contributed by atoms with Gasteiger partial charge in [0.15, 0.2) is 0 Å². The van der Waals surface area contributed by atoms with Gasteiger partial charge in [-0.15, -0.1) is 11.3 Å². The molecule has 0 radical (unpaired) electrons. The van der Waals surface area contributed by atoms with Crippen molar-refractivity contribution in [1.29, 1.82) is 0 Å². The van der Waals surface area contributed by atoms with Crippen molar-refractivity contribution in [2.45, 2.75) is 10.6 Å². The van der Waals surface area contributed by atoms with Crippen molar-refractivity contribution in [3.05, 3.63) is 53.9 Å². The van der Waals surface area contributed by atoms with Crippen molar-refractivity contribution >= 4 is 44.6 Å². The maximum atomic E-state index is 12.9. The fraction of sp³-hybridized carbons (Fsp3) is 0.263. The molecule has 2 aromatic rings. The van der Waals surface area contributed by atoms with Gasteiger partial charge in [0.2, 0.25) is 5.91 Å². The Hall–Kier alpha value is -2.65. The molecule has 2 bridgehead atoms. The Morgan fingerprint density at radius 2 is 1.68 bits per heavy atom. The molecule has 7 nitrogen and oxygen atoms in total. The molecule has 9 heteroatoms. The van der Waals surface area contributed by atoms with Gasteiger partial charge in [0.1, 0.15) is 4.21 Å². The Morgan fingerprint density at radius 1 is 1.00 bits per heavy atom. The molecule has 2 aliphatic rings. The van der Waals surface area contributed by atoms with Crippen molar-refractivity contribution in [2.75, 3.05) is 10.0 Å². The lowest BCUT2D eigenvalue weighted by atomic mass is 9.82. The summed E-state index contributed by atoms with van der Waals surface area (Å²) in [5.74, 6) is -3.07. The number of fused-ring (bicyclic) bond motifs is 2. The van der Waals surface area contributed by atoms with Crippen LogP contribution in [0.1, 0.15) is 6.42 Å². The quantitative estimate of drug-likeness (QED) is 0.624. The molecule has 1 heterocycles. The van der Waals surface area contributed by atoms with Crippen LogP contribution in [0, 0.1) is 23.7 Å². The van der Waals surface area contributed by atoms with Crippen molar-refractivity contribution in [3.8, 4) is 0 Å². The van der Waals surface area contributed by atoms with E-state index >= 15 is 0 Å². The molecule has 0 unspecified atom stereocenters. The first-order chi connectivity index (χ1) is 13.4. The third-order valence-electron chi connectivity index (χ3n) is 5.24. The van der Waals surface area contributed by atoms with E-state index in [0.29, 0.717) is 12.1 Å². The maximum absolute atomic E-state index is 12.9. The molecule has 1 saturated carbocycles. The van der Waals surface area contributed by atoms with Gasteiger partial charge in [0, 0.05) is 0 Å². The van der Waals surface area contributed by atoms with E-state index in [0.717, 1.165) is 11.3 Å². The fourth-order valence-electron chi connectivity index (χ4n) is 4.02. The number of carboxylic acid groups (broad SMARTS) is 1. The monoisotopic (exact) mass is 418 g/mol. The van der Waals surface area contributed by atoms with Gasteiger partial charge in [0.05, 0.1) is 23.2 Å². The number of aliphatic carboxylic acids is 1. The molecule has 4 atom stereocenters. The molecule has 1 aromatic carbocycles. The summed E-state index contributed by atoms with van der Waals surface area (Å²) >= 11 is 1.09. The van der Waals surface area contributed by atoms with Crippen LogP contribution in [0.25, 0.3) is 0 Å². The number of amides is 1. The highest BCUT2D eigenvalue weighted by Crippen LogP contribution is 2.48. The second kappa shape index (κ2) is 7.06. The lowest BCUT2D eigenvalue weighted by Gasteiger charge is -2.24. The topological polar surface area (TPSA) is 113 Å². The summed E-state index contributed by atoms with van der Waals surface area (Å²) in [7, 11) is -3.77. The highest BCUT2D eigenvalue weighted by Gasteiger charge is 2.51. The number of thiophene rings is 1. The summed E-state index contributed by atoms with van der Waals surface area (Å²) in [5, 5.41) is 13.9. The highest BCUT2D eigenvalue weighted by atomic mass is 32.2. The van der Waals surface area contributed by atoms with Gasteiger partial charge in [-0.05, 0) is 41.8 Å². The number of carbonyl (C=O) groups excluding carboxylic acids is 1. The van der Waals surface area contributed by atoms with E-state index in [4.69, 9.17) is 0 Å². The second-order valence-electron chi connectivity index (χ2n) is 6.91. The molecule has 1 amide bonds. The molecule has 2 aliphatic carbocycles. The first kappa shape index (κ1) is 18.7. The third kappa shape index (κ3) is 3.31. The number of anilines is 2. The van der Waals surface area contributed by atoms with Crippen molar-refractivity contribution in [1.82, 2.24) is 0 Å². The van der Waals surface area contributed by atoms with Crippen LogP contribution in [-0.4, -0.2) is 25.4 Å². The first-order valence-electron chi connectivity index (χ1n) is 8.74. The summed E-state index contributed by atoms with van der Waals surface area (Å²) in [6.45, 7) is 0. The lowest BCUT2D eigenvalue weighted by Crippen LogP contribution is -2.36. The summed E-state index contributed by atoms with van der Waals surface area (Å²) in [4.78, 5) is 24.5. The molecule has 1 fully saturated rings. The average molecular weight is 418 g/mol. The zero-order valence-corrected chi connectivity index (χ0v) is 16.2. The van der Waals surface area contributed by atoms with Crippen LogP contribution in [0.3, 0.4) is 0 Å². The number of nitrogens with one attached hydrogen (secondary N) is 2. The van der Waals surface area contributed by atoms with Gasteiger partial charge in [0.25, 0.3) is 10.0 Å². The van der Waals surface area contributed by atoms with Crippen LogP contribution in [-0.2, 0) is 19.6 Å². The number of benzene rings is 1. The lowest BCUT2D eigenvalue weighted by molar-refractivity contribution is -0.146.